The molecule has 11 heteroatoms. The number of hydrogen-bond donors (Lipinski definition) is 2. The number of hydrogen-bond acceptors (Lipinski definition) is 8. The zero-order chi connectivity index (χ0) is 24.7. The minimum absolute atomic E-state index is 0.0315. The van der Waals surface area contributed by atoms with Crippen LogP contribution in [0.3, 0.4) is 0 Å². The molecule has 1 amide bonds. The zero-order valence-electron chi connectivity index (χ0n) is 19.0. The average molecular weight is 522 g/mol. The first-order valence-corrected chi connectivity index (χ1v) is 12.0. The molecular formula is C23H25Cl2N5O3S. The minimum Gasteiger partial charge on any atom is -0.490 e. The van der Waals surface area contributed by atoms with Gasteiger partial charge in [-0.25, -0.2) is 5.43 Å². The van der Waals surface area contributed by atoms with Gasteiger partial charge in [-0.05, 0) is 47.7 Å². The van der Waals surface area contributed by atoms with E-state index in [-0.39, 0.29) is 18.9 Å². The lowest BCUT2D eigenvalue weighted by Crippen LogP contribution is -2.19. The molecule has 0 saturated carbocycles. The monoisotopic (exact) mass is 521 g/mol. The Morgan fingerprint density at radius 2 is 1.88 bits per heavy atom. The first-order chi connectivity index (χ1) is 16.2. The zero-order valence-corrected chi connectivity index (χ0v) is 21.3. The van der Waals surface area contributed by atoms with E-state index in [1.165, 1.54) is 6.21 Å². The van der Waals surface area contributed by atoms with Gasteiger partial charge in [-0.15, -0.1) is 10.2 Å². The Balaban J connectivity index is 1.52. The third-order valence-electron chi connectivity index (χ3n) is 4.60. The number of carbonyl (C=O) groups excluding carboxylic acids is 1. The normalized spacial score (nSPS) is 11.2. The third kappa shape index (κ3) is 7.31. The van der Waals surface area contributed by atoms with Crippen LogP contribution in [0.2, 0.25) is 10.0 Å². The standard InChI is InChI=1S/C23H25Cl2N5O3S/c1-13(2)16-5-4-14(3)8-19(16)32-6-7-33-22-17(24)9-15(10-18(22)25)12-27-28-20(31)11-21-29-30-23(26)34-21/h4-5,8-10,12-13H,6-7,11H2,1-3H3,(H2,26,30)(H,28,31)/b27-12-. The van der Waals surface area contributed by atoms with Gasteiger partial charge >= 0.3 is 0 Å². The summed E-state index contributed by atoms with van der Waals surface area (Å²) in [5.74, 6) is 1.20. The summed E-state index contributed by atoms with van der Waals surface area (Å²) in [5, 5.41) is 12.8. The number of aryl methyl sites for hydroxylation is 1. The Kier molecular flexibility index (Phi) is 9.09. The summed E-state index contributed by atoms with van der Waals surface area (Å²) in [6.45, 7) is 6.88. The van der Waals surface area contributed by atoms with Crippen LogP contribution in [0.5, 0.6) is 11.5 Å². The molecule has 3 rings (SSSR count). The lowest BCUT2D eigenvalue weighted by molar-refractivity contribution is -0.120. The van der Waals surface area contributed by atoms with Gasteiger partial charge in [-0.2, -0.15) is 5.10 Å². The van der Waals surface area contributed by atoms with Crippen molar-refractivity contribution >= 4 is 51.8 Å². The van der Waals surface area contributed by atoms with E-state index < -0.39 is 0 Å². The lowest BCUT2D eigenvalue weighted by atomic mass is 10.0. The van der Waals surface area contributed by atoms with Gasteiger partial charge in [-0.3, -0.25) is 4.79 Å². The van der Waals surface area contributed by atoms with E-state index in [0.29, 0.717) is 44.0 Å². The number of ether oxygens (including phenoxy) is 2. The Bertz CT molecular complexity index is 1160. The highest BCUT2D eigenvalue weighted by molar-refractivity contribution is 7.15. The van der Waals surface area contributed by atoms with Crippen molar-refractivity contribution in [2.24, 2.45) is 5.10 Å². The molecule has 0 bridgehead atoms. The molecule has 0 aliphatic rings. The highest BCUT2D eigenvalue weighted by Crippen LogP contribution is 2.34. The van der Waals surface area contributed by atoms with E-state index in [9.17, 15) is 4.79 Å². The SMILES string of the molecule is Cc1ccc(C(C)C)c(OCCOc2c(Cl)cc(/C=N\NC(=O)Cc3nnc(N)s3)cc2Cl)c1. The summed E-state index contributed by atoms with van der Waals surface area (Å²) in [7, 11) is 0. The molecule has 0 fully saturated rings. The van der Waals surface area contributed by atoms with Crippen LogP contribution in [0.15, 0.2) is 35.4 Å². The van der Waals surface area contributed by atoms with Gasteiger partial charge in [-0.1, -0.05) is 60.5 Å². The largest absolute Gasteiger partial charge is 0.490 e. The van der Waals surface area contributed by atoms with Crippen LogP contribution in [-0.4, -0.2) is 35.5 Å². The maximum Gasteiger partial charge on any atom is 0.247 e. The molecule has 0 saturated heterocycles. The third-order valence-corrected chi connectivity index (χ3v) is 5.91. The van der Waals surface area contributed by atoms with Crippen molar-refractivity contribution in [2.75, 3.05) is 18.9 Å². The summed E-state index contributed by atoms with van der Waals surface area (Å²) in [6.07, 6.45) is 1.46. The minimum atomic E-state index is -0.348. The molecule has 0 radical (unpaired) electrons. The summed E-state index contributed by atoms with van der Waals surface area (Å²) in [6, 6.07) is 9.46. The second-order valence-electron chi connectivity index (χ2n) is 7.71. The van der Waals surface area contributed by atoms with Crippen LogP contribution in [-0.2, 0) is 11.2 Å². The number of nitrogens with one attached hydrogen (secondary N) is 1. The number of carbonyl (C=O) groups is 1. The number of amides is 1. The second kappa shape index (κ2) is 12.0. The lowest BCUT2D eigenvalue weighted by Gasteiger charge is -2.16. The van der Waals surface area contributed by atoms with Crippen molar-refractivity contribution in [1.29, 1.82) is 0 Å². The quantitative estimate of drug-likeness (QED) is 0.220. The van der Waals surface area contributed by atoms with E-state index in [4.69, 9.17) is 38.4 Å². The van der Waals surface area contributed by atoms with E-state index in [1.807, 2.05) is 13.0 Å². The molecule has 8 nitrogen and oxygen atoms in total. The van der Waals surface area contributed by atoms with Crippen molar-refractivity contribution < 1.29 is 14.3 Å². The Labute approximate surface area is 212 Å². The van der Waals surface area contributed by atoms with Crippen LogP contribution in [0.4, 0.5) is 5.13 Å². The fraction of sp³-hybridized carbons (Fsp3) is 0.304. The van der Waals surface area contributed by atoms with Gasteiger partial charge in [0.25, 0.3) is 0 Å². The van der Waals surface area contributed by atoms with Crippen LogP contribution >= 0.6 is 34.5 Å². The molecule has 0 atom stereocenters. The average Bonchev–Trinajstić information content (AvgIpc) is 3.16. The Hall–Kier alpha value is -2.88. The van der Waals surface area contributed by atoms with Crippen molar-refractivity contribution in [1.82, 2.24) is 15.6 Å². The number of nitrogens with two attached hydrogens (primary N) is 1. The molecular weight excluding hydrogens is 497 g/mol. The Morgan fingerprint density at radius 3 is 2.53 bits per heavy atom. The molecule has 3 aromatic rings. The molecule has 180 valence electrons. The van der Waals surface area contributed by atoms with Crippen LogP contribution < -0.4 is 20.6 Å². The molecule has 1 heterocycles. The van der Waals surface area contributed by atoms with Gasteiger partial charge < -0.3 is 15.2 Å². The van der Waals surface area contributed by atoms with Gasteiger partial charge in [0.1, 0.15) is 24.0 Å². The van der Waals surface area contributed by atoms with E-state index in [1.54, 1.807) is 12.1 Å². The highest BCUT2D eigenvalue weighted by Gasteiger charge is 2.12. The van der Waals surface area contributed by atoms with Gasteiger partial charge in [0, 0.05) is 0 Å². The summed E-state index contributed by atoms with van der Waals surface area (Å²) >= 11 is 13.8. The second-order valence-corrected chi connectivity index (χ2v) is 9.62. The number of rotatable bonds is 10. The predicted octanol–water partition coefficient (Wildman–Crippen LogP) is 5.01. The first kappa shape index (κ1) is 25.7. The topological polar surface area (TPSA) is 112 Å². The van der Waals surface area contributed by atoms with Crippen molar-refractivity contribution in [3.63, 3.8) is 0 Å². The van der Waals surface area contributed by atoms with Gasteiger partial charge in [0.15, 0.2) is 5.75 Å². The van der Waals surface area contributed by atoms with E-state index >= 15 is 0 Å². The smallest absolute Gasteiger partial charge is 0.247 e. The molecule has 3 N–H and O–H groups in total. The fourth-order valence-electron chi connectivity index (χ4n) is 3.02. The number of nitrogens with zero attached hydrogens (tertiary/aromatic N) is 3. The predicted molar refractivity (Wildman–Crippen MR) is 136 cm³/mol. The first-order valence-electron chi connectivity index (χ1n) is 10.5. The molecule has 1 aromatic heterocycles. The van der Waals surface area contributed by atoms with Crippen molar-refractivity contribution in [3.05, 3.63) is 62.1 Å². The number of anilines is 1. The van der Waals surface area contributed by atoms with E-state index in [0.717, 1.165) is 28.2 Å². The number of aromatic nitrogens is 2. The number of hydrazone groups is 1. The molecule has 34 heavy (non-hydrogen) atoms. The maximum absolute atomic E-state index is 11.9. The highest BCUT2D eigenvalue weighted by atomic mass is 35.5. The van der Waals surface area contributed by atoms with Crippen molar-refractivity contribution in [2.45, 2.75) is 33.1 Å². The molecule has 0 aliphatic heterocycles. The molecule has 2 aromatic carbocycles. The maximum atomic E-state index is 11.9. The van der Waals surface area contributed by atoms with Gasteiger partial charge in [0.2, 0.25) is 11.0 Å². The van der Waals surface area contributed by atoms with Crippen LogP contribution in [0.25, 0.3) is 0 Å². The molecule has 0 unspecified atom stereocenters. The van der Waals surface area contributed by atoms with Crippen LogP contribution in [0.1, 0.15) is 41.5 Å². The summed E-state index contributed by atoms with van der Waals surface area (Å²) in [5.41, 5.74) is 10.8. The van der Waals surface area contributed by atoms with Crippen molar-refractivity contribution in [3.8, 4) is 11.5 Å². The molecule has 0 aliphatic carbocycles. The Morgan fingerprint density at radius 1 is 1.18 bits per heavy atom. The van der Waals surface area contributed by atoms with Crippen LogP contribution in [0, 0.1) is 6.92 Å². The number of halogens is 2. The molecule has 0 spiro atoms. The number of benzene rings is 2. The summed E-state index contributed by atoms with van der Waals surface area (Å²) < 4.78 is 11.7. The number of nitrogen functional groups attached to an aromatic ring is 1. The fourth-order valence-corrected chi connectivity index (χ4v) is 4.25. The summed E-state index contributed by atoms with van der Waals surface area (Å²) in [4.78, 5) is 11.9. The van der Waals surface area contributed by atoms with Gasteiger partial charge in [0.05, 0.1) is 22.7 Å². The van der Waals surface area contributed by atoms with E-state index in [2.05, 4.69) is 46.7 Å².